The van der Waals surface area contributed by atoms with E-state index in [2.05, 4.69) is 15.3 Å². The van der Waals surface area contributed by atoms with Crippen molar-refractivity contribution in [2.75, 3.05) is 31.3 Å². The lowest BCUT2D eigenvalue weighted by Gasteiger charge is -2.49. The summed E-state index contributed by atoms with van der Waals surface area (Å²) in [4.78, 5) is 9.14. The predicted molar refractivity (Wildman–Crippen MR) is 124 cm³/mol. The Morgan fingerprint density at radius 3 is 2.26 bits per heavy atom. The normalized spacial score (nSPS) is 22.7. The van der Waals surface area contributed by atoms with Crippen LogP contribution in [0, 0.1) is 18.7 Å². The van der Waals surface area contributed by atoms with Crippen molar-refractivity contribution in [2.45, 2.75) is 55.2 Å². The third-order valence-corrected chi connectivity index (χ3v) is 7.86. The van der Waals surface area contributed by atoms with Gasteiger partial charge in [0.05, 0.1) is 29.4 Å². The van der Waals surface area contributed by atoms with E-state index in [0.29, 0.717) is 5.56 Å². The van der Waals surface area contributed by atoms with E-state index in [-0.39, 0.29) is 48.3 Å². The van der Waals surface area contributed by atoms with Gasteiger partial charge in [-0.3, -0.25) is 4.90 Å². The fraction of sp³-hybridized carbons (Fsp3) is 0.565. The molecule has 1 aromatic heterocycles. The molecule has 8 nitrogen and oxygen atoms in total. The SMILES string of the molecule is Cc1c(Nc2ccc(S(C)(=O)=O)cc2F)ncnc1OC1CC2COCC(C1)N2CC(C(F)(F)F)C(F)(F)F. The van der Waals surface area contributed by atoms with Gasteiger partial charge in [-0.15, -0.1) is 0 Å². The maximum Gasteiger partial charge on any atom is 0.401 e. The largest absolute Gasteiger partial charge is 0.474 e. The zero-order valence-corrected chi connectivity index (χ0v) is 21.5. The van der Waals surface area contributed by atoms with Crippen LogP contribution in [0.15, 0.2) is 29.4 Å². The molecule has 2 aliphatic heterocycles. The number of fused-ring (bicyclic) bond motifs is 2. The van der Waals surface area contributed by atoms with Gasteiger partial charge in [-0.25, -0.2) is 22.8 Å². The summed E-state index contributed by atoms with van der Waals surface area (Å²) in [5.41, 5.74) is 0.307. The Morgan fingerprint density at radius 1 is 1.10 bits per heavy atom. The van der Waals surface area contributed by atoms with Crippen LogP contribution < -0.4 is 10.1 Å². The summed E-state index contributed by atoms with van der Waals surface area (Å²) < 4.78 is 128. The third-order valence-electron chi connectivity index (χ3n) is 6.75. The molecule has 4 rings (SSSR count). The molecule has 39 heavy (non-hydrogen) atoms. The molecule has 2 fully saturated rings. The molecule has 2 bridgehead atoms. The van der Waals surface area contributed by atoms with E-state index < -0.39 is 58.7 Å². The van der Waals surface area contributed by atoms with Crippen LogP contribution in [-0.4, -0.2) is 79.8 Å². The molecule has 0 amide bonds. The second-order valence-electron chi connectivity index (χ2n) is 9.58. The number of morpholine rings is 1. The van der Waals surface area contributed by atoms with Gasteiger partial charge in [-0.2, -0.15) is 26.3 Å². The summed E-state index contributed by atoms with van der Waals surface area (Å²) in [5, 5.41) is 2.75. The smallest absolute Gasteiger partial charge is 0.401 e. The van der Waals surface area contributed by atoms with Crippen molar-refractivity contribution in [2.24, 2.45) is 5.92 Å². The molecule has 2 aromatic rings. The number of hydrogen-bond donors (Lipinski definition) is 1. The zero-order chi connectivity index (χ0) is 28.8. The molecule has 0 radical (unpaired) electrons. The highest BCUT2D eigenvalue weighted by Gasteiger charge is 2.58. The van der Waals surface area contributed by atoms with E-state index in [0.717, 1.165) is 18.6 Å². The average Bonchev–Trinajstić information content (AvgIpc) is 2.79. The summed E-state index contributed by atoms with van der Waals surface area (Å²) in [6.07, 6.45) is -9.16. The second kappa shape index (κ2) is 10.7. The van der Waals surface area contributed by atoms with Crippen molar-refractivity contribution in [3.05, 3.63) is 35.9 Å². The highest BCUT2D eigenvalue weighted by atomic mass is 32.2. The van der Waals surface area contributed by atoms with Crippen molar-refractivity contribution in [1.29, 1.82) is 0 Å². The zero-order valence-electron chi connectivity index (χ0n) is 20.7. The lowest BCUT2D eigenvalue weighted by molar-refractivity contribution is -0.292. The number of anilines is 2. The summed E-state index contributed by atoms with van der Waals surface area (Å²) in [7, 11) is -3.62. The second-order valence-corrected chi connectivity index (χ2v) is 11.6. The predicted octanol–water partition coefficient (Wildman–Crippen LogP) is 4.42. The minimum Gasteiger partial charge on any atom is -0.474 e. The van der Waals surface area contributed by atoms with Crippen LogP contribution in [0.3, 0.4) is 0 Å². The van der Waals surface area contributed by atoms with Crippen LogP contribution in [0.5, 0.6) is 5.88 Å². The van der Waals surface area contributed by atoms with Crippen LogP contribution >= 0.6 is 0 Å². The lowest BCUT2D eigenvalue weighted by atomic mass is 9.90. The summed E-state index contributed by atoms with van der Waals surface area (Å²) in [6, 6.07) is 1.88. The Balaban J connectivity index is 1.48. The maximum absolute atomic E-state index is 14.5. The highest BCUT2D eigenvalue weighted by molar-refractivity contribution is 7.90. The number of alkyl halides is 6. The molecule has 3 heterocycles. The average molecular weight is 587 g/mol. The number of nitrogens with zero attached hydrogens (tertiary/aromatic N) is 3. The van der Waals surface area contributed by atoms with E-state index in [1.54, 1.807) is 6.92 Å². The summed E-state index contributed by atoms with van der Waals surface area (Å²) >= 11 is 0. The highest BCUT2D eigenvalue weighted by Crippen LogP contribution is 2.42. The maximum atomic E-state index is 14.5. The van der Waals surface area contributed by atoms with Gasteiger partial charge in [-0.05, 0) is 25.1 Å². The van der Waals surface area contributed by atoms with Crippen molar-refractivity contribution >= 4 is 21.3 Å². The van der Waals surface area contributed by atoms with Crippen molar-refractivity contribution in [3.63, 3.8) is 0 Å². The minimum atomic E-state index is -5.44. The van der Waals surface area contributed by atoms with Gasteiger partial charge in [-0.1, -0.05) is 0 Å². The molecular weight excluding hydrogens is 561 g/mol. The number of piperidine rings is 1. The first-order valence-corrected chi connectivity index (χ1v) is 13.6. The molecule has 0 aliphatic carbocycles. The van der Waals surface area contributed by atoms with Gasteiger partial charge in [0.2, 0.25) is 5.88 Å². The Morgan fingerprint density at radius 2 is 1.72 bits per heavy atom. The van der Waals surface area contributed by atoms with Gasteiger partial charge < -0.3 is 14.8 Å². The standard InChI is InChI=1S/C23H25F7N4O4S/c1-12-20(33-18-4-3-16(7-17(18)24)39(2,35)36)31-11-32-21(12)38-15-5-13-9-37-10-14(6-15)34(13)8-19(22(25,26)27)23(28,29)30/h3-4,7,11,13-15,19H,5-6,8-10H2,1-2H3,(H,31,32,33). The molecule has 1 N–H and O–H groups in total. The minimum absolute atomic E-state index is 0.0445. The number of aromatic nitrogens is 2. The van der Waals surface area contributed by atoms with E-state index in [1.165, 1.54) is 17.0 Å². The number of halogens is 7. The Hall–Kier alpha value is -2.72. The Labute approximate surface area is 219 Å². The molecule has 0 saturated carbocycles. The number of sulfone groups is 1. The van der Waals surface area contributed by atoms with Crippen LogP contribution in [-0.2, 0) is 14.6 Å². The first-order valence-electron chi connectivity index (χ1n) is 11.8. The lowest BCUT2D eigenvalue weighted by Crippen LogP contribution is -2.61. The number of rotatable bonds is 7. The van der Waals surface area contributed by atoms with E-state index >= 15 is 0 Å². The summed E-state index contributed by atoms with van der Waals surface area (Å²) in [6.45, 7) is 0.272. The molecule has 2 unspecified atom stereocenters. The van der Waals surface area contributed by atoms with E-state index in [4.69, 9.17) is 9.47 Å². The molecule has 0 spiro atoms. The van der Waals surface area contributed by atoms with Gasteiger partial charge >= 0.3 is 12.4 Å². The molecule has 16 heteroatoms. The fourth-order valence-electron chi connectivity index (χ4n) is 4.73. The number of benzene rings is 1. The summed E-state index contributed by atoms with van der Waals surface area (Å²) in [5.74, 6) is -4.06. The van der Waals surface area contributed by atoms with Gasteiger partial charge in [0.1, 0.15) is 24.1 Å². The quantitative estimate of drug-likeness (QED) is 0.477. The number of hydrogen-bond acceptors (Lipinski definition) is 8. The van der Waals surface area contributed by atoms with Crippen molar-refractivity contribution < 1.29 is 48.6 Å². The van der Waals surface area contributed by atoms with Crippen LogP contribution in [0.1, 0.15) is 18.4 Å². The molecule has 2 aliphatic rings. The third kappa shape index (κ3) is 6.72. The van der Waals surface area contributed by atoms with Gasteiger partial charge in [0, 0.05) is 37.7 Å². The van der Waals surface area contributed by atoms with Crippen molar-refractivity contribution in [3.8, 4) is 5.88 Å². The van der Waals surface area contributed by atoms with Gasteiger partial charge in [0.15, 0.2) is 15.8 Å². The van der Waals surface area contributed by atoms with E-state index in [1.807, 2.05) is 0 Å². The molecule has 1 aromatic carbocycles. The van der Waals surface area contributed by atoms with E-state index in [9.17, 15) is 39.2 Å². The van der Waals surface area contributed by atoms with Crippen molar-refractivity contribution in [1.82, 2.24) is 14.9 Å². The topological polar surface area (TPSA) is 93.7 Å². The Kier molecular flexibility index (Phi) is 8.02. The van der Waals surface area contributed by atoms with Crippen LogP contribution in [0.2, 0.25) is 0 Å². The Bertz CT molecular complexity index is 1280. The monoisotopic (exact) mass is 586 g/mol. The number of nitrogens with one attached hydrogen (secondary N) is 1. The molecule has 216 valence electrons. The van der Waals surface area contributed by atoms with Crippen LogP contribution in [0.4, 0.5) is 42.2 Å². The van der Waals surface area contributed by atoms with Gasteiger partial charge in [0.25, 0.3) is 0 Å². The first-order chi connectivity index (χ1) is 18.0. The molecular formula is C23H25F7N4O4S. The molecule has 2 atom stereocenters. The fourth-order valence-corrected chi connectivity index (χ4v) is 5.36. The first kappa shape index (κ1) is 29.3. The number of ether oxygens (including phenoxy) is 2. The van der Waals surface area contributed by atoms with Crippen LogP contribution in [0.25, 0.3) is 0 Å². The molecule has 2 saturated heterocycles.